The molecular formula is C29H32N2O. The number of methoxy groups -OCH3 is 1. The van der Waals surface area contributed by atoms with Crippen molar-refractivity contribution in [2.45, 2.75) is 32.2 Å². The Morgan fingerprint density at radius 3 is 2.31 bits per heavy atom. The largest absolute Gasteiger partial charge is 0.497 e. The predicted octanol–water partition coefficient (Wildman–Crippen LogP) is 6.53. The van der Waals surface area contributed by atoms with E-state index in [1.807, 2.05) is 0 Å². The molecule has 3 nitrogen and oxygen atoms in total. The van der Waals surface area contributed by atoms with E-state index >= 15 is 0 Å². The van der Waals surface area contributed by atoms with Crippen molar-refractivity contribution >= 4 is 10.9 Å². The number of aromatic amines is 1. The maximum absolute atomic E-state index is 5.43. The second-order valence-corrected chi connectivity index (χ2v) is 9.05. The van der Waals surface area contributed by atoms with Crippen LogP contribution in [0.25, 0.3) is 10.9 Å². The first-order valence-corrected chi connectivity index (χ1v) is 11.7. The summed E-state index contributed by atoms with van der Waals surface area (Å²) in [5, 5.41) is 1.33. The summed E-state index contributed by atoms with van der Waals surface area (Å²) in [5.74, 6) is 1.67. The van der Waals surface area contributed by atoms with Crippen molar-refractivity contribution < 1.29 is 4.74 Å². The molecule has 0 aliphatic carbocycles. The highest BCUT2D eigenvalue weighted by Crippen LogP contribution is 2.39. The van der Waals surface area contributed by atoms with E-state index in [1.165, 1.54) is 52.5 Å². The van der Waals surface area contributed by atoms with Crippen molar-refractivity contribution in [2.24, 2.45) is 5.92 Å². The first kappa shape index (κ1) is 20.8. The molecule has 2 heterocycles. The zero-order valence-electron chi connectivity index (χ0n) is 19.1. The second kappa shape index (κ2) is 9.22. The number of para-hydroxylation sites is 1. The van der Waals surface area contributed by atoms with Crippen LogP contribution in [0.1, 0.15) is 41.3 Å². The number of nitrogens with one attached hydrogen (secondary N) is 1. The maximum Gasteiger partial charge on any atom is 0.118 e. The molecule has 3 aromatic carbocycles. The quantitative estimate of drug-likeness (QED) is 0.381. The molecule has 0 spiro atoms. The molecule has 1 fully saturated rings. The van der Waals surface area contributed by atoms with Crippen molar-refractivity contribution in [1.29, 1.82) is 0 Å². The molecule has 1 saturated heterocycles. The molecule has 32 heavy (non-hydrogen) atoms. The summed E-state index contributed by atoms with van der Waals surface area (Å²) in [4.78, 5) is 6.32. The van der Waals surface area contributed by atoms with Gasteiger partial charge in [0.15, 0.2) is 0 Å². The van der Waals surface area contributed by atoms with Gasteiger partial charge in [0.2, 0.25) is 0 Å². The number of rotatable bonds is 6. The third kappa shape index (κ3) is 4.18. The van der Waals surface area contributed by atoms with E-state index < -0.39 is 0 Å². The molecule has 164 valence electrons. The second-order valence-electron chi connectivity index (χ2n) is 9.05. The number of H-pyrrole nitrogens is 1. The summed E-state index contributed by atoms with van der Waals surface area (Å²) in [7, 11) is 1.73. The smallest absolute Gasteiger partial charge is 0.118 e. The fraction of sp³-hybridized carbons (Fsp3) is 0.310. The average molecular weight is 425 g/mol. The topological polar surface area (TPSA) is 28.3 Å². The molecule has 1 unspecified atom stereocenters. The van der Waals surface area contributed by atoms with Gasteiger partial charge in [-0.25, -0.2) is 0 Å². The summed E-state index contributed by atoms with van der Waals surface area (Å²) >= 11 is 0. The summed E-state index contributed by atoms with van der Waals surface area (Å²) in [5.41, 5.74) is 6.69. The van der Waals surface area contributed by atoms with Crippen molar-refractivity contribution in [2.75, 3.05) is 20.2 Å². The van der Waals surface area contributed by atoms with Gasteiger partial charge in [0.1, 0.15) is 5.75 Å². The van der Waals surface area contributed by atoms with Crippen LogP contribution in [0, 0.1) is 12.8 Å². The lowest BCUT2D eigenvalue weighted by atomic mass is 9.87. The third-order valence-electron chi connectivity index (χ3n) is 7.03. The fourth-order valence-corrected chi connectivity index (χ4v) is 5.36. The number of fused-ring (bicyclic) bond motifs is 1. The number of hydrogen-bond donors (Lipinski definition) is 1. The maximum atomic E-state index is 5.43. The molecule has 5 rings (SSSR count). The van der Waals surface area contributed by atoms with Crippen LogP contribution in [-0.2, 0) is 6.42 Å². The van der Waals surface area contributed by atoms with E-state index in [9.17, 15) is 0 Å². The summed E-state index contributed by atoms with van der Waals surface area (Å²) < 4.78 is 5.43. The van der Waals surface area contributed by atoms with Crippen LogP contribution in [-0.4, -0.2) is 30.1 Å². The van der Waals surface area contributed by atoms with Crippen molar-refractivity contribution in [3.05, 3.63) is 101 Å². The Hall–Kier alpha value is -3.04. The van der Waals surface area contributed by atoms with Gasteiger partial charge in [-0.3, -0.25) is 4.90 Å². The average Bonchev–Trinajstić information content (AvgIpc) is 3.17. The van der Waals surface area contributed by atoms with E-state index in [0.717, 1.165) is 24.8 Å². The Morgan fingerprint density at radius 2 is 1.59 bits per heavy atom. The minimum atomic E-state index is 0.245. The highest BCUT2D eigenvalue weighted by molar-refractivity contribution is 5.85. The van der Waals surface area contributed by atoms with E-state index in [0.29, 0.717) is 0 Å². The molecule has 1 aliphatic rings. The van der Waals surface area contributed by atoms with Crippen LogP contribution >= 0.6 is 0 Å². The zero-order valence-corrected chi connectivity index (χ0v) is 19.1. The lowest BCUT2D eigenvalue weighted by molar-refractivity contribution is 0.151. The van der Waals surface area contributed by atoms with Crippen LogP contribution < -0.4 is 4.74 Å². The van der Waals surface area contributed by atoms with Crippen LogP contribution in [0.4, 0.5) is 0 Å². The normalized spacial score (nSPS) is 16.3. The Balaban J connectivity index is 1.45. The fourth-order valence-electron chi connectivity index (χ4n) is 5.36. The van der Waals surface area contributed by atoms with E-state index in [4.69, 9.17) is 4.74 Å². The first-order valence-electron chi connectivity index (χ1n) is 11.7. The van der Waals surface area contributed by atoms with Crippen molar-refractivity contribution in [3.63, 3.8) is 0 Å². The SMILES string of the molecule is COc1ccc(C(c2c(C)[nH]c3ccccc23)N2CCC(Cc3ccccc3)CC2)cc1. The number of benzene rings is 3. The van der Waals surface area contributed by atoms with E-state index in [-0.39, 0.29) is 6.04 Å². The van der Waals surface area contributed by atoms with Gasteiger partial charge < -0.3 is 9.72 Å². The molecule has 0 amide bonds. The number of hydrogen-bond acceptors (Lipinski definition) is 2. The van der Waals surface area contributed by atoms with Crippen LogP contribution in [0.2, 0.25) is 0 Å². The van der Waals surface area contributed by atoms with E-state index in [1.54, 1.807) is 7.11 Å². The molecule has 4 aromatic rings. The summed E-state index contributed by atoms with van der Waals surface area (Å²) in [6.45, 7) is 4.45. The summed E-state index contributed by atoms with van der Waals surface area (Å²) in [6, 6.07) is 28.6. The summed E-state index contributed by atoms with van der Waals surface area (Å²) in [6.07, 6.45) is 3.67. The van der Waals surface area contributed by atoms with E-state index in [2.05, 4.69) is 95.7 Å². The Kier molecular flexibility index (Phi) is 6.00. The number of ether oxygens (including phenoxy) is 1. The molecule has 0 bridgehead atoms. The molecule has 1 aliphatic heterocycles. The number of aryl methyl sites for hydroxylation is 1. The highest BCUT2D eigenvalue weighted by atomic mass is 16.5. The third-order valence-corrected chi connectivity index (χ3v) is 7.03. The molecule has 0 radical (unpaired) electrons. The van der Waals surface area contributed by atoms with Gasteiger partial charge in [-0.05, 0) is 74.5 Å². The number of piperidine rings is 1. The predicted molar refractivity (Wildman–Crippen MR) is 132 cm³/mol. The Morgan fingerprint density at radius 1 is 0.906 bits per heavy atom. The van der Waals surface area contributed by atoms with Gasteiger partial charge in [-0.1, -0.05) is 60.7 Å². The van der Waals surface area contributed by atoms with Gasteiger partial charge in [0.05, 0.1) is 13.2 Å². The van der Waals surface area contributed by atoms with Crippen molar-refractivity contribution in [3.8, 4) is 5.75 Å². The molecule has 1 aromatic heterocycles. The number of likely N-dealkylation sites (tertiary alicyclic amines) is 1. The highest BCUT2D eigenvalue weighted by Gasteiger charge is 2.30. The van der Waals surface area contributed by atoms with Gasteiger partial charge in [0.25, 0.3) is 0 Å². The molecule has 1 N–H and O–H groups in total. The van der Waals surface area contributed by atoms with Gasteiger partial charge >= 0.3 is 0 Å². The Labute approximate surface area is 191 Å². The standard InChI is InChI=1S/C29H32N2O/c1-21-28(26-10-6-7-11-27(26)30-21)29(24-12-14-25(32-2)15-13-24)31-18-16-23(17-19-31)20-22-8-4-3-5-9-22/h3-15,23,29-30H,16-20H2,1-2H3. The molecular weight excluding hydrogens is 392 g/mol. The van der Waals surface area contributed by atoms with Crippen molar-refractivity contribution in [1.82, 2.24) is 9.88 Å². The van der Waals surface area contributed by atoms with Gasteiger partial charge in [-0.15, -0.1) is 0 Å². The Bertz CT molecular complexity index is 1150. The monoisotopic (exact) mass is 424 g/mol. The van der Waals surface area contributed by atoms with Gasteiger partial charge in [0, 0.05) is 22.2 Å². The molecule has 3 heteroatoms. The lowest BCUT2D eigenvalue weighted by Gasteiger charge is -2.38. The van der Waals surface area contributed by atoms with Crippen LogP contribution in [0.15, 0.2) is 78.9 Å². The number of aromatic nitrogens is 1. The number of nitrogens with zero attached hydrogens (tertiary/aromatic N) is 1. The zero-order chi connectivity index (χ0) is 21.9. The van der Waals surface area contributed by atoms with Crippen LogP contribution in [0.3, 0.4) is 0 Å². The lowest BCUT2D eigenvalue weighted by Crippen LogP contribution is -2.38. The minimum absolute atomic E-state index is 0.245. The molecule has 1 atom stereocenters. The molecule has 0 saturated carbocycles. The van der Waals surface area contributed by atoms with Gasteiger partial charge in [-0.2, -0.15) is 0 Å². The first-order chi connectivity index (χ1) is 15.7. The minimum Gasteiger partial charge on any atom is -0.497 e. The van der Waals surface area contributed by atoms with Crippen LogP contribution in [0.5, 0.6) is 5.75 Å².